The Bertz CT molecular complexity index is 1970. The first-order valence-electron chi connectivity index (χ1n) is 16.0. The maximum Gasteiger partial charge on any atom is 0.269 e. The van der Waals surface area contributed by atoms with E-state index in [0.717, 1.165) is 46.4 Å². The van der Waals surface area contributed by atoms with Crippen molar-refractivity contribution in [3.05, 3.63) is 123 Å². The average Bonchev–Trinajstić information content (AvgIpc) is 3.87. The lowest BCUT2D eigenvalue weighted by Crippen LogP contribution is -2.39. The summed E-state index contributed by atoms with van der Waals surface area (Å²) >= 11 is 12.5. The number of fused-ring (bicyclic) bond motifs is 1. The molecule has 1 N–H and O–H groups in total. The molecule has 1 saturated carbocycles. The monoisotopic (exact) mass is 687 g/mol. The second kappa shape index (κ2) is 13.0. The number of aromatic nitrogens is 3. The van der Waals surface area contributed by atoms with Gasteiger partial charge in [-0.3, -0.25) is 4.79 Å². The Morgan fingerprint density at radius 3 is 2.04 bits per heavy atom. The third kappa shape index (κ3) is 6.42. The fourth-order valence-electron chi connectivity index (χ4n) is 6.62. The van der Waals surface area contributed by atoms with Gasteiger partial charge in [-0.1, -0.05) is 53.5 Å². The van der Waals surface area contributed by atoms with Crippen molar-refractivity contribution in [2.24, 2.45) is 0 Å². The third-order valence-corrected chi connectivity index (χ3v) is 11.5. The molecule has 3 heterocycles. The lowest BCUT2D eigenvalue weighted by Gasteiger charge is -2.33. The van der Waals surface area contributed by atoms with Gasteiger partial charge in [0.15, 0.2) is 0 Å². The van der Waals surface area contributed by atoms with Crippen molar-refractivity contribution in [1.29, 1.82) is 0 Å². The molecule has 1 amide bonds. The second-order valence-corrected chi connectivity index (χ2v) is 15.1. The van der Waals surface area contributed by atoms with Crippen LogP contribution in [-0.2, 0) is 10.0 Å². The van der Waals surface area contributed by atoms with E-state index in [9.17, 15) is 13.2 Å². The number of pyridine rings is 1. The highest BCUT2D eigenvalue weighted by molar-refractivity contribution is 7.89. The van der Waals surface area contributed by atoms with Crippen LogP contribution in [0, 0.1) is 0 Å². The van der Waals surface area contributed by atoms with E-state index in [1.54, 1.807) is 0 Å². The number of carbonyl (C=O) groups is 1. The molecular weight excluding hydrogens is 653 g/mol. The molecule has 1 aliphatic heterocycles. The van der Waals surface area contributed by atoms with Gasteiger partial charge in [0.1, 0.15) is 16.4 Å². The van der Waals surface area contributed by atoms with Crippen LogP contribution < -0.4 is 5.32 Å². The quantitative estimate of drug-likeness (QED) is 0.161. The molecule has 242 valence electrons. The molecule has 0 bridgehead atoms. The molecule has 8 nitrogen and oxygen atoms in total. The molecule has 2 aromatic heterocycles. The summed E-state index contributed by atoms with van der Waals surface area (Å²) < 4.78 is 31.1. The summed E-state index contributed by atoms with van der Waals surface area (Å²) in [7, 11) is -3.76. The molecule has 11 heteroatoms. The number of hydrogen-bond acceptors (Lipinski definition) is 5. The van der Waals surface area contributed by atoms with Crippen LogP contribution in [0.3, 0.4) is 0 Å². The maximum atomic E-state index is 13.6. The van der Waals surface area contributed by atoms with Gasteiger partial charge in [-0.05, 0) is 97.8 Å². The van der Waals surface area contributed by atoms with E-state index in [-0.39, 0.29) is 28.5 Å². The minimum Gasteiger partial charge on any atom is -0.351 e. The van der Waals surface area contributed by atoms with E-state index in [4.69, 9.17) is 28.2 Å². The van der Waals surface area contributed by atoms with Crippen LogP contribution >= 0.6 is 23.2 Å². The van der Waals surface area contributed by atoms with Gasteiger partial charge in [-0.15, -0.1) is 0 Å². The summed E-state index contributed by atoms with van der Waals surface area (Å²) in [6, 6.07) is 25.5. The molecule has 2 fully saturated rings. The van der Waals surface area contributed by atoms with E-state index in [2.05, 4.69) is 57.3 Å². The van der Waals surface area contributed by atoms with Crippen molar-refractivity contribution in [2.45, 2.75) is 55.4 Å². The minimum atomic E-state index is -3.76. The first kappa shape index (κ1) is 31.8. The molecule has 1 aliphatic carbocycles. The van der Waals surface area contributed by atoms with Crippen LogP contribution in [-0.4, -0.2) is 52.8 Å². The predicted molar refractivity (Wildman–Crippen MR) is 185 cm³/mol. The van der Waals surface area contributed by atoms with Gasteiger partial charge in [0, 0.05) is 53.8 Å². The van der Waals surface area contributed by atoms with E-state index in [0.29, 0.717) is 48.4 Å². The number of carbonyl (C=O) groups excluding carboxylic acids is 1. The molecule has 3 aromatic carbocycles. The number of imidazole rings is 1. The van der Waals surface area contributed by atoms with Crippen molar-refractivity contribution in [3.63, 3.8) is 0 Å². The molecule has 0 spiro atoms. The summed E-state index contributed by atoms with van der Waals surface area (Å²) in [5.74, 6) is 1.15. The van der Waals surface area contributed by atoms with Crippen LogP contribution in [0.1, 0.15) is 83.5 Å². The maximum absolute atomic E-state index is 13.6. The Balaban J connectivity index is 1.19. The zero-order valence-electron chi connectivity index (χ0n) is 25.9. The van der Waals surface area contributed by atoms with Crippen LogP contribution in [0.2, 0.25) is 10.0 Å². The van der Waals surface area contributed by atoms with Crippen molar-refractivity contribution >= 4 is 50.2 Å². The second-order valence-electron chi connectivity index (χ2n) is 12.3. The highest BCUT2D eigenvalue weighted by atomic mass is 35.5. The molecular formula is C36H35Cl2N5O3S. The van der Waals surface area contributed by atoms with Gasteiger partial charge >= 0.3 is 0 Å². The largest absolute Gasteiger partial charge is 0.351 e. The fourth-order valence-corrected chi connectivity index (χ4v) is 8.28. The number of benzene rings is 3. The fraction of sp³-hybridized carbons (Fsp3) is 0.306. The standard InChI is InChI=1S/C36H35Cl2N5O3S/c1-2-39-36(44)32-16-14-30(22-40-32)47(45,46)42-19-17-29(18-20-42)43-33-21-26(9-15-31(33)41-35(43)25-3-4-25)34(23-5-10-27(37)11-6-23)24-7-12-28(38)13-8-24/h5-16,21-22,25,29,34H,2-4,17-20H2,1H3,(H,39,44). The van der Waals surface area contributed by atoms with Crippen LogP contribution in [0.4, 0.5) is 0 Å². The first-order valence-corrected chi connectivity index (χ1v) is 18.2. The van der Waals surface area contributed by atoms with E-state index in [1.165, 1.54) is 22.6 Å². The average molecular weight is 689 g/mol. The molecule has 0 radical (unpaired) electrons. The zero-order valence-corrected chi connectivity index (χ0v) is 28.3. The molecule has 7 rings (SSSR count). The predicted octanol–water partition coefficient (Wildman–Crippen LogP) is 7.57. The molecule has 0 unspecified atom stereocenters. The normalized spacial score (nSPS) is 16.2. The summed E-state index contributed by atoms with van der Waals surface area (Å²) in [5.41, 5.74) is 5.60. The van der Waals surface area contributed by atoms with Gasteiger partial charge in [0.05, 0.1) is 11.0 Å². The van der Waals surface area contributed by atoms with Crippen molar-refractivity contribution in [1.82, 2.24) is 24.2 Å². The van der Waals surface area contributed by atoms with Gasteiger partial charge in [-0.2, -0.15) is 4.31 Å². The van der Waals surface area contributed by atoms with Crippen molar-refractivity contribution in [2.75, 3.05) is 19.6 Å². The van der Waals surface area contributed by atoms with E-state index >= 15 is 0 Å². The Morgan fingerprint density at radius 1 is 0.872 bits per heavy atom. The molecule has 1 saturated heterocycles. The third-order valence-electron chi connectivity index (χ3n) is 9.16. The minimum absolute atomic E-state index is 0.0401. The number of sulfonamides is 1. The Kier molecular flexibility index (Phi) is 8.82. The number of halogens is 2. The van der Waals surface area contributed by atoms with Crippen LogP contribution in [0.5, 0.6) is 0 Å². The van der Waals surface area contributed by atoms with Gasteiger partial charge in [0.25, 0.3) is 5.91 Å². The zero-order chi connectivity index (χ0) is 32.7. The number of rotatable bonds is 9. The number of piperidine rings is 1. The van der Waals surface area contributed by atoms with Crippen molar-refractivity contribution < 1.29 is 13.2 Å². The highest BCUT2D eigenvalue weighted by Crippen LogP contribution is 2.44. The summed E-state index contributed by atoms with van der Waals surface area (Å²) in [4.78, 5) is 21.4. The van der Waals surface area contributed by atoms with Crippen LogP contribution in [0.25, 0.3) is 11.0 Å². The van der Waals surface area contributed by atoms with Gasteiger partial charge in [-0.25, -0.2) is 18.4 Å². The molecule has 2 aliphatic rings. The molecule has 47 heavy (non-hydrogen) atoms. The number of amides is 1. The number of nitrogens with zero attached hydrogens (tertiary/aromatic N) is 4. The number of nitrogens with one attached hydrogen (secondary N) is 1. The Hall–Kier alpha value is -3.76. The lowest BCUT2D eigenvalue weighted by molar-refractivity contribution is 0.0950. The SMILES string of the molecule is CCNC(=O)c1ccc(S(=O)(=O)N2CCC(n3c(C4CC4)nc4ccc(C(c5ccc(Cl)cc5)c5ccc(Cl)cc5)cc43)CC2)cn1. The summed E-state index contributed by atoms with van der Waals surface area (Å²) in [5, 5.41) is 4.06. The Labute approximate surface area is 284 Å². The molecule has 0 atom stereocenters. The summed E-state index contributed by atoms with van der Waals surface area (Å²) in [6.45, 7) is 3.05. The first-order chi connectivity index (χ1) is 22.7. The Morgan fingerprint density at radius 2 is 1.49 bits per heavy atom. The molecule has 5 aromatic rings. The van der Waals surface area contributed by atoms with Gasteiger partial charge in [0.2, 0.25) is 10.0 Å². The number of hydrogen-bond donors (Lipinski definition) is 1. The van der Waals surface area contributed by atoms with Crippen molar-refractivity contribution in [3.8, 4) is 0 Å². The van der Waals surface area contributed by atoms with E-state index < -0.39 is 10.0 Å². The summed E-state index contributed by atoms with van der Waals surface area (Å²) in [6.07, 6.45) is 4.83. The van der Waals surface area contributed by atoms with Crippen LogP contribution in [0.15, 0.2) is 90.0 Å². The highest BCUT2D eigenvalue weighted by Gasteiger charge is 2.36. The topological polar surface area (TPSA) is 97.2 Å². The van der Waals surface area contributed by atoms with E-state index in [1.807, 2.05) is 31.2 Å². The lowest BCUT2D eigenvalue weighted by atomic mass is 9.85. The van der Waals surface area contributed by atoms with Gasteiger partial charge < -0.3 is 9.88 Å². The smallest absolute Gasteiger partial charge is 0.269 e.